The van der Waals surface area contributed by atoms with Crippen LogP contribution in [0.2, 0.25) is 0 Å². The highest BCUT2D eigenvalue weighted by molar-refractivity contribution is 7.19. The number of nitrogens with zero attached hydrogens (tertiary/aromatic N) is 2. The predicted octanol–water partition coefficient (Wildman–Crippen LogP) is 5.40. The molecule has 0 saturated carbocycles. The van der Waals surface area contributed by atoms with E-state index in [-0.39, 0.29) is 11.3 Å². The Morgan fingerprint density at radius 1 is 1.25 bits per heavy atom. The second-order valence-electron chi connectivity index (χ2n) is 7.86. The number of aryl methyl sites for hydroxylation is 1. The molecule has 1 aromatic heterocycles. The standard InChI is InChI=1S/C23H26N2O2S/c1-17(26)25-15-7-4-8-20-22(25)28-21(24-20)18-9-11-19(12-10-18)27-16-23(2)13-5-3-6-14-23/h3,5-6,9-13H,4,7-8,14-16H2,1-2H3. The molecular weight excluding hydrogens is 368 g/mol. The van der Waals surface area contributed by atoms with E-state index in [1.165, 1.54) is 0 Å². The van der Waals surface area contributed by atoms with E-state index in [0.717, 1.165) is 59.2 Å². The number of ether oxygens (including phenoxy) is 1. The molecule has 0 spiro atoms. The van der Waals surface area contributed by atoms with Crippen LogP contribution in [0.5, 0.6) is 5.75 Å². The van der Waals surface area contributed by atoms with Crippen LogP contribution in [0.1, 0.15) is 38.8 Å². The number of fused-ring (bicyclic) bond motifs is 1. The number of anilines is 1. The molecule has 0 bridgehead atoms. The summed E-state index contributed by atoms with van der Waals surface area (Å²) in [6, 6.07) is 8.14. The number of aromatic nitrogens is 1. The average molecular weight is 395 g/mol. The maximum atomic E-state index is 12.0. The molecule has 0 N–H and O–H groups in total. The zero-order valence-electron chi connectivity index (χ0n) is 16.5. The Bertz CT molecular complexity index is 913. The number of carbonyl (C=O) groups excluding carboxylic acids is 1. The maximum Gasteiger partial charge on any atom is 0.224 e. The number of hydrogen-bond donors (Lipinski definition) is 0. The van der Waals surface area contributed by atoms with Gasteiger partial charge in [-0.25, -0.2) is 4.98 Å². The van der Waals surface area contributed by atoms with E-state index < -0.39 is 0 Å². The smallest absolute Gasteiger partial charge is 0.224 e. The third-order valence-corrected chi connectivity index (χ3v) is 6.52. The summed E-state index contributed by atoms with van der Waals surface area (Å²) in [6.45, 7) is 5.30. The summed E-state index contributed by atoms with van der Waals surface area (Å²) >= 11 is 1.62. The van der Waals surface area contributed by atoms with Crippen molar-refractivity contribution in [2.45, 2.75) is 39.5 Å². The van der Waals surface area contributed by atoms with E-state index in [2.05, 4.69) is 43.4 Å². The Morgan fingerprint density at radius 3 is 2.79 bits per heavy atom. The van der Waals surface area contributed by atoms with Crippen molar-refractivity contribution in [1.29, 1.82) is 0 Å². The van der Waals surface area contributed by atoms with Crippen LogP contribution in [-0.4, -0.2) is 24.0 Å². The Labute approximate surface area is 170 Å². The van der Waals surface area contributed by atoms with Crippen molar-refractivity contribution < 1.29 is 9.53 Å². The first kappa shape index (κ1) is 18.9. The molecule has 1 atom stereocenters. The average Bonchev–Trinajstić information content (AvgIpc) is 3.01. The molecule has 1 aromatic carbocycles. The van der Waals surface area contributed by atoms with Crippen LogP contribution in [-0.2, 0) is 11.2 Å². The van der Waals surface area contributed by atoms with Gasteiger partial charge in [0.25, 0.3) is 0 Å². The summed E-state index contributed by atoms with van der Waals surface area (Å²) in [5.74, 6) is 0.971. The van der Waals surface area contributed by atoms with Crippen molar-refractivity contribution in [3.63, 3.8) is 0 Å². The highest BCUT2D eigenvalue weighted by Gasteiger charge is 2.24. The summed E-state index contributed by atoms with van der Waals surface area (Å²) < 4.78 is 6.03. The summed E-state index contributed by atoms with van der Waals surface area (Å²) in [5, 5.41) is 1.99. The highest BCUT2D eigenvalue weighted by Crippen LogP contribution is 2.38. The summed E-state index contributed by atoms with van der Waals surface area (Å²) in [4.78, 5) is 18.7. The monoisotopic (exact) mass is 394 g/mol. The van der Waals surface area contributed by atoms with Crippen molar-refractivity contribution >= 4 is 22.2 Å². The van der Waals surface area contributed by atoms with Crippen molar-refractivity contribution in [3.05, 3.63) is 54.3 Å². The molecule has 2 aliphatic rings. The Kier molecular flexibility index (Phi) is 5.36. The second-order valence-corrected chi connectivity index (χ2v) is 8.83. The van der Waals surface area contributed by atoms with E-state index in [0.29, 0.717) is 6.61 Å². The molecule has 1 aliphatic heterocycles. The minimum atomic E-state index is 0.0520. The van der Waals surface area contributed by atoms with Crippen molar-refractivity contribution in [1.82, 2.24) is 4.98 Å². The molecule has 4 nitrogen and oxygen atoms in total. The Morgan fingerprint density at radius 2 is 2.07 bits per heavy atom. The van der Waals surface area contributed by atoms with Crippen molar-refractivity contribution in [2.75, 3.05) is 18.1 Å². The fourth-order valence-electron chi connectivity index (χ4n) is 3.63. The van der Waals surface area contributed by atoms with Crippen molar-refractivity contribution in [3.8, 4) is 16.3 Å². The largest absolute Gasteiger partial charge is 0.493 e. The van der Waals surface area contributed by atoms with Gasteiger partial charge in [0, 0.05) is 24.4 Å². The third-order valence-electron chi connectivity index (χ3n) is 5.35. The summed E-state index contributed by atoms with van der Waals surface area (Å²) in [5.41, 5.74) is 2.18. The molecule has 0 saturated heterocycles. The lowest BCUT2D eigenvalue weighted by atomic mass is 9.85. The van der Waals surface area contributed by atoms with Crippen LogP contribution >= 0.6 is 11.3 Å². The van der Waals surface area contributed by atoms with Gasteiger partial charge in [-0.1, -0.05) is 42.6 Å². The number of hydrogen-bond acceptors (Lipinski definition) is 4. The molecule has 146 valence electrons. The first-order valence-electron chi connectivity index (χ1n) is 9.89. The SMILES string of the molecule is CC(=O)N1CCCCc2nc(-c3ccc(OCC4(C)C=CC=CC4)cc3)sc21. The molecule has 0 radical (unpaired) electrons. The predicted molar refractivity (Wildman–Crippen MR) is 115 cm³/mol. The lowest BCUT2D eigenvalue weighted by Gasteiger charge is -2.26. The number of carbonyl (C=O) groups is 1. The highest BCUT2D eigenvalue weighted by atomic mass is 32.1. The van der Waals surface area contributed by atoms with Gasteiger partial charge >= 0.3 is 0 Å². The van der Waals surface area contributed by atoms with Crippen LogP contribution in [0.4, 0.5) is 5.00 Å². The Balaban J connectivity index is 1.48. The maximum absolute atomic E-state index is 12.0. The van der Waals surface area contributed by atoms with Gasteiger partial charge in [0.1, 0.15) is 15.8 Å². The van der Waals surface area contributed by atoms with E-state index in [1.54, 1.807) is 18.3 Å². The number of benzene rings is 1. The van der Waals surface area contributed by atoms with Gasteiger partial charge < -0.3 is 9.64 Å². The van der Waals surface area contributed by atoms with Crippen LogP contribution in [0.25, 0.3) is 10.6 Å². The van der Waals surface area contributed by atoms with Gasteiger partial charge in [0.2, 0.25) is 5.91 Å². The molecule has 2 aromatic rings. The van der Waals surface area contributed by atoms with Gasteiger partial charge in [0.05, 0.1) is 12.3 Å². The number of allylic oxidation sites excluding steroid dienone is 3. The second kappa shape index (κ2) is 7.92. The molecule has 0 fully saturated rings. The van der Waals surface area contributed by atoms with Gasteiger partial charge in [-0.05, 0) is 49.9 Å². The first-order valence-corrected chi connectivity index (χ1v) is 10.7. The lowest BCUT2D eigenvalue weighted by Crippen LogP contribution is -2.28. The quantitative estimate of drug-likeness (QED) is 0.697. The van der Waals surface area contributed by atoms with Crippen LogP contribution in [0, 0.1) is 5.41 Å². The van der Waals surface area contributed by atoms with E-state index in [9.17, 15) is 4.79 Å². The van der Waals surface area contributed by atoms with Gasteiger partial charge in [-0.2, -0.15) is 0 Å². The fourth-order valence-corrected chi connectivity index (χ4v) is 4.81. The van der Waals surface area contributed by atoms with Crippen LogP contribution in [0.15, 0.2) is 48.6 Å². The molecule has 1 unspecified atom stereocenters. The van der Waals surface area contributed by atoms with Crippen LogP contribution in [0.3, 0.4) is 0 Å². The minimum absolute atomic E-state index is 0.0520. The van der Waals surface area contributed by atoms with E-state index in [1.807, 2.05) is 17.0 Å². The van der Waals surface area contributed by atoms with Gasteiger partial charge in [-0.3, -0.25) is 4.79 Å². The van der Waals surface area contributed by atoms with Gasteiger partial charge in [0.15, 0.2) is 0 Å². The lowest BCUT2D eigenvalue weighted by molar-refractivity contribution is -0.116. The molecule has 1 amide bonds. The zero-order valence-corrected chi connectivity index (χ0v) is 17.3. The van der Waals surface area contributed by atoms with E-state index >= 15 is 0 Å². The van der Waals surface area contributed by atoms with Crippen LogP contribution < -0.4 is 9.64 Å². The topological polar surface area (TPSA) is 42.4 Å². The first-order chi connectivity index (χ1) is 13.5. The summed E-state index contributed by atoms with van der Waals surface area (Å²) in [6.07, 6.45) is 12.6. The molecule has 1 aliphatic carbocycles. The molecule has 2 heterocycles. The molecule has 28 heavy (non-hydrogen) atoms. The Hall–Kier alpha value is -2.40. The number of thiazole rings is 1. The number of amides is 1. The third kappa shape index (κ3) is 4.04. The number of rotatable bonds is 4. The molecule has 5 heteroatoms. The fraction of sp³-hybridized carbons (Fsp3) is 0.391. The van der Waals surface area contributed by atoms with Crippen molar-refractivity contribution in [2.24, 2.45) is 5.41 Å². The zero-order chi connectivity index (χ0) is 19.6. The van der Waals surface area contributed by atoms with Gasteiger partial charge in [-0.15, -0.1) is 0 Å². The molecule has 4 rings (SSSR count). The normalized spacial score (nSPS) is 21.3. The summed E-state index contributed by atoms with van der Waals surface area (Å²) in [7, 11) is 0. The minimum Gasteiger partial charge on any atom is -0.493 e. The van der Waals surface area contributed by atoms with E-state index in [4.69, 9.17) is 9.72 Å². The molecular formula is C23H26N2O2S.